The second-order valence-electron chi connectivity index (χ2n) is 6.26. The number of piperidine rings is 1. The third-order valence-corrected chi connectivity index (χ3v) is 6.17. The highest BCUT2D eigenvalue weighted by Crippen LogP contribution is 2.22. The number of rotatable bonds is 5. The zero-order chi connectivity index (χ0) is 18.7. The molecule has 140 valence electrons. The summed E-state index contributed by atoms with van der Waals surface area (Å²) in [5, 5.41) is 6.32. The van der Waals surface area contributed by atoms with E-state index in [9.17, 15) is 17.6 Å². The molecule has 1 saturated heterocycles. The Morgan fingerprint density at radius 3 is 2.62 bits per heavy atom. The Kier molecular flexibility index (Phi) is 5.38. The SMILES string of the molecule is Cn1cc(C(=O)NCc2ccccc2F)c(S(=O)(=O)N2CCCCC2)n1. The van der Waals surface area contributed by atoms with Gasteiger partial charge in [-0.25, -0.2) is 12.8 Å². The smallest absolute Gasteiger partial charge is 0.263 e. The second kappa shape index (κ2) is 7.55. The minimum atomic E-state index is -3.84. The number of halogens is 1. The molecule has 2 heterocycles. The number of aryl methyl sites for hydroxylation is 1. The Hall–Kier alpha value is -2.26. The first-order valence-electron chi connectivity index (χ1n) is 8.45. The van der Waals surface area contributed by atoms with Gasteiger partial charge in [-0.15, -0.1) is 0 Å². The van der Waals surface area contributed by atoms with Gasteiger partial charge in [0, 0.05) is 38.4 Å². The van der Waals surface area contributed by atoms with Crippen molar-refractivity contribution in [3.05, 3.63) is 47.4 Å². The van der Waals surface area contributed by atoms with Crippen LogP contribution in [0.4, 0.5) is 4.39 Å². The zero-order valence-corrected chi connectivity index (χ0v) is 15.3. The third kappa shape index (κ3) is 3.78. The Morgan fingerprint density at radius 2 is 1.92 bits per heavy atom. The first kappa shape index (κ1) is 18.5. The molecule has 9 heteroatoms. The maximum Gasteiger partial charge on any atom is 0.263 e. The monoisotopic (exact) mass is 380 g/mol. The molecule has 26 heavy (non-hydrogen) atoms. The van der Waals surface area contributed by atoms with Gasteiger partial charge in [-0.05, 0) is 18.9 Å². The van der Waals surface area contributed by atoms with Crippen molar-refractivity contribution < 1.29 is 17.6 Å². The predicted molar refractivity (Wildman–Crippen MR) is 93.4 cm³/mol. The highest BCUT2D eigenvalue weighted by molar-refractivity contribution is 7.89. The molecule has 1 N–H and O–H groups in total. The van der Waals surface area contributed by atoms with Crippen LogP contribution in [0.2, 0.25) is 0 Å². The lowest BCUT2D eigenvalue weighted by Gasteiger charge is -2.25. The molecule has 0 spiro atoms. The minimum absolute atomic E-state index is 0.0330. The number of nitrogens with one attached hydrogen (secondary N) is 1. The number of carbonyl (C=O) groups excluding carboxylic acids is 1. The molecule has 0 radical (unpaired) electrons. The van der Waals surface area contributed by atoms with Crippen molar-refractivity contribution in [2.45, 2.75) is 30.8 Å². The molecule has 0 bridgehead atoms. The van der Waals surface area contributed by atoms with Gasteiger partial charge < -0.3 is 5.32 Å². The molecule has 1 aromatic carbocycles. The van der Waals surface area contributed by atoms with Gasteiger partial charge in [0.2, 0.25) is 5.03 Å². The fourth-order valence-corrected chi connectivity index (χ4v) is 4.59. The van der Waals surface area contributed by atoms with Crippen LogP contribution in [0.1, 0.15) is 35.2 Å². The first-order valence-corrected chi connectivity index (χ1v) is 9.89. The van der Waals surface area contributed by atoms with Crippen molar-refractivity contribution in [2.75, 3.05) is 13.1 Å². The lowest BCUT2D eigenvalue weighted by atomic mass is 10.2. The number of carbonyl (C=O) groups is 1. The standard InChI is InChI=1S/C17H21FN4O3S/c1-21-12-14(16(23)19-11-13-7-3-4-8-15(13)18)17(20-21)26(24,25)22-9-5-2-6-10-22/h3-4,7-8,12H,2,5-6,9-11H2,1H3,(H,19,23). The van der Waals surface area contributed by atoms with Crippen LogP contribution >= 0.6 is 0 Å². The molecule has 3 rings (SSSR count). The molecular formula is C17H21FN4O3S. The van der Waals surface area contributed by atoms with Gasteiger partial charge in [0.15, 0.2) is 0 Å². The van der Waals surface area contributed by atoms with Crippen molar-refractivity contribution in [3.63, 3.8) is 0 Å². The fourth-order valence-electron chi connectivity index (χ4n) is 2.95. The maximum absolute atomic E-state index is 13.7. The van der Waals surface area contributed by atoms with E-state index in [2.05, 4.69) is 10.4 Å². The highest BCUT2D eigenvalue weighted by Gasteiger charge is 2.33. The van der Waals surface area contributed by atoms with Crippen LogP contribution in [0.3, 0.4) is 0 Å². The molecule has 1 amide bonds. The van der Waals surface area contributed by atoms with Gasteiger partial charge in [-0.1, -0.05) is 24.6 Å². The molecule has 0 unspecified atom stereocenters. The highest BCUT2D eigenvalue weighted by atomic mass is 32.2. The number of hydrogen-bond acceptors (Lipinski definition) is 4. The van der Waals surface area contributed by atoms with Gasteiger partial charge >= 0.3 is 0 Å². The van der Waals surface area contributed by atoms with Gasteiger partial charge in [0.1, 0.15) is 5.82 Å². The van der Waals surface area contributed by atoms with Crippen LogP contribution in [0, 0.1) is 5.82 Å². The van der Waals surface area contributed by atoms with Crippen molar-refractivity contribution in [1.29, 1.82) is 0 Å². The van der Waals surface area contributed by atoms with E-state index >= 15 is 0 Å². The van der Waals surface area contributed by atoms with E-state index in [1.807, 2.05) is 0 Å². The molecule has 1 aliphatic heterocycles. The van der Waals surface area contributed by atoms with Gasteiger partial charge in [-0.3, -0.25) is 9.48 Å². The van der Waals surface area contributed by atoms with E-state index in [0.29, 0.717) is 18.7 Å². The molecule has 0 atom stereocenters. The summed E-state index contributed by atoms with van der Waals surface area (Å²) in [4.78, 5) is 12.5. The quantitative estimate of drug-likeness (QED) is 0.855. The molecular weight excluding hydrogens is 359 g/mol. The fraction of sp³-hybridized carbons (Fsp3) is 0.412. The summed E-state index contributed by atoms with van der Waals surface area (Å²) >= 11 is 0. The van der Waals surface area contributed by atoms with E-state index in [1.54, 1.807) is 25.2 Å². The largest absolute Gasteiger partial charge is 0.348 e. The van der Waals surface area contributed by atoms with E-state index in [0.717, 1.165) is 19.3 Å². The van der Waals surface area contributed by atoms with E-state index in [-0.39, 0.29) is 17.1 Å². The summed E-state index contributed by atoms with van der Waals surface area (Å²) in [5.74, 6) is -1.03. The van der Waals surface area contributed by atoms with Crippen molar-refractivity contribution in [2.24, 2.45) is 7.05 Å². The van der Waals surface area contributed by atoms with Crippen LogP contribution in [0.5, 0.6) is 0 Å². The maximum atomic E-state index is 13.7. The average molecular weight is 380 g/mol. The Balaban J connectivity index is 1.82. The Labute approximate surface area is 151 Å². The number of hydrogen-bond donors (Lipinski definition) is 1. The van der Waals surface area contributed by atoms with Gasteiger partial charge in [0.05, 0.1) is 5.56 Å². The molecule has 1 fully saturated rings. The Bertz CT molecular complexity index is 904. The summed E-state index contributed by atoms with van der Waals surface area (Å²) in [6, 6.07) is 6.09. The lowest BCUT2D eigenvalue weighted by Crippen LogP contribution is -2.37. The van der Waals surface area contributed by atoms with Crippen molar-refractivity contribution in [1.82, 2.24) is 19.4 Å². The summed E-state index contributed by atoms with van der Waals surface area (Å²) in [7, 11) is -2.28. The van der Waals surface area contributed by atoms with Crippen LogP contribution in [0.25, 0.3) is 0 Å². The van der Waals surface area contributed by atoms with E-state index < -0.39 is 21.7 Å². The van der Waals surface area contributed by atoms with Crippen molar-refractivity contribution >= 4 is 15.9 Å². The summed E-state index contributed by atoms with van der Waals surface area (Å²) in [5.41, 5.74) is 0.291. The van der Waals surface area contributed by atoms with Crippen LogP contribution in [-0.4, -0.2) is 41.5 Å². The summed E-state index contributed by atoms with van der Waals surface area (Å²) in [6.07, 6.45) is 3.94. The van der Waals surface area contributed by atoms with Crippen LogP contribution in [-0.2, 0) is 23.6 Å². The second-order valence-corrected chi connectivity index (χ2v) is 8.11. The topological polar surface area (TPSA) is 84.3 Å². The van der Waals surface area contributed by atoms with Crippen LogP contribution in [0.15, 0.2) is 35.5 Å². The lowest BCUT2D eigenvalue weighted by molar-refractivity contribution is 0.0947. The normalized spacial score (nSPS) is 15.8. The van der Waals surface area contributed by atoms with E-state index in [1.165, 1.54) is 21.3 Å². The molecule has 7 nitrogen and oxygen atoms in total. The predicted octanol–water partition coefficient (Wildman–Crippen LogP) is 1.66. The molecule has 1 aromatic heterocycles. The minimum Gasteiger partial charge on any atom is -0.348 e. The summed E-state index contributed by atoms with van der Waals surface area (Å²) < 4.78 is 42.1. The number of sulfonamides is 1. The van der Waals surface area contributed by atoms with Gasteiger partial charge in [0.25, 0.3) is 15.9 Å². The molecule has 0 aliphatic carbocycles. The number of benzene rings is 1. The van der Waals surface area contributed by atoms with Gasteiger partial charge in [-0.2, -0.15) is 9.40 Å². The molecule has 0 saturated carbocycles. The first-order chi connectivity index (χ1) is 12.4. The number of aromatic nitrogens is 2. The van der Waals surface area contributed by atoms with Crippen LogP contribution < -0.4 is 5.32 Å². The average Bonchev–Trinajstić information content (AvgIpc) is 3.04. The van der Waals surface area contributed by atoms with Crippen molar-refractivity contribution in [3.8, 4) is 0 Å². The number of amides is 1. The third-order valence-electron chi connectivity index (χ3n) is 4.34. The molecule has 1 aliphatic rings. The number of nitrogens with zero attached hydrogens (tertiary/aromatic N) is 3. The zero-order valence-electron chi connectivity index (χ0n) is 14.5. The molecule has 2 aromatic rings. The Morgan fingerprint density at radius 1 is 1.23 bits per heavy atom. The summed E-state index contributed by atoms with van der Waals surface area (Å²) in [6.45, 7) is 0.813. The van der Waals surface area contributed by atoms with E-state index in [4.69, 9.17) is 0 Å².